The lowest BCUT2D eigenvalue weighted by molar-refractivity contribution is -0.137. The Balaban J connectivity index is 1.86. The average molecular weight is 363 g/mol. The van der Waals surface area contributed by atoms with Crippen LogP contribution in [0, 0.1) is 6.92 Å². The Labute approximate surface area is 157 Å². The van der Waals surface area contributed by atoms with Crippen molar-refractivity contribution in [1.82, 2.24) is 5.32 Å². The van der Waals surface area contributed by atoms with Crippen molar-refractivity contribution in [3.05, 3.63) is 29.8 Å². The minimum Gasteiger partial charge on any atom is -0.493 e. The predicted molar refractivity (Wildman–Crippen MR) is 103 cm³/mol. The summed E-state index contributed by atoms with van der Waals surface area (Å²) in [7, 11) is 0. The van der Waals surface area contributed by atoms with Gasteiger partial charge in [-0.2, -0.15) is 0 Å². The molecule has 0 heterocycles. The normalized spacial score (nSPS) is 10.5. The molecule has 0 spiro atoms. The molecule has 1 aromatic carbocycles. The zero-order chi connectivity index (χ0) is 19.0. The Kier molecular flexibility index (Phi) is 12.0. The van der Waals surface area contributed by atoms with E-state index in [1.165, 1.54) is 24.8 Å². The zero-order valence-electron chi connectivity index (χ0n) is 16.0. The second-order valence-corrected chi connectivity index (χ2v) is 6.73. The van der Waals surface area contributed by atoms with Crippen LogP contribution in [0.4, 0.5) is 0 Å². The number of unbranched alkanes of at least 4 members (excludes halogenated alkanes) is 7. The first-order valence-electron chi connectivity index (χ1n) is 9.76. The molecule has 0 saturated heterocycles. The molecule has 1 rings (SSSR count). The zero-order valence-corrected chi connectivity index (χ0v) is 16.0. The Bertz CT molecular complexity index is 513. The minimum absolute atomic E-state index is 0.0375. The summed E-state index contributed by atoms with van der Waals surface area (Å²) in [6, 6.07) is 7.82. The van der Waals surface area contributed by atoms with Crippen molar-refractivity contribution in [2.24, 2.45) is 0 Å². The van der Waals surface area contributed by atoms with Gasteiger partial charge in [0.05, 0.1) is 13.0 Å². The molecule has 0 saturated carbocycles. The molecule has 0 aliphatic carbocycles. The molecule has 1 aromatic rings. The highest BCUT2D eigenvalue weighted by Crippen LogP contribution is 2.11. The van der Waals surface area contributed by atoms with Crippen LogP contribution in [0.5, 0.6) is 5.75 Å². The van der Waals surface area contributed by atoms with Crippen molar-refractivity contribution in [2.45, 2.75) is 71.1 Å². The molecule has 0 radical (unpaired) electrons. The molecule has 26 heavy (non-hydrogen) atoms. The molecule has 1 amide bonds. The number of rotatable bonds is 15. The van der Waals surface area contributed by atoms with Gasteiger partial charge in [0.25, 0.3) is 0 Å². The summed E-state index contributed by atoms with van der Waals surface area (Å²) in [5.41, 5.74) is 1.19. The minimum atomic E-state index is -0.700. The van der Waals surface area contributed by atoms with E-state index in [0.717, 1.165) is 44.4 Å². The van der Waals surface area contributed by atoms with Gasteiger partial charge in [0, 0.05) is 13.0 Å². The van der Waals surface area contributed by atoms with Crippen LogP contribution >= 0.6 is 0 Å². The van der Waals surface area contributed by atoms with Crippen molar-refractivity contribution >= 4 is 11.9 Å². The third-order valence-corrected chi connectivity index (χ3v) is 4.26. The van der Waals surface area contributed by atoms with Crippen LogP contribution in [-0.2, 0) is 9.59 Å². The fourth-order valence-electron chi connectivity index (χ4n) is 2.67. The number of benzene rings is 1. The van der Waals surface area contributed by atoms with E-state index < -0.39 is 5.97 Å². The van der Waals surface area contributed by atoms with Gasteiger partial charge in [0.2, 0.25) is 5.91 Å². The van der Waals surface area contributed by atoms with Crippen molar-refractivity contribution in [3.63, 3.8) is 0 Å². The monoisotopic (exact) mass is 363 g/mol. The SMILES string of the molecule is Cc1ccc(OCCC(=O)NCCCCCCCCCCC(=O)O)cc1. The van der Waals surface area contributed by atoms with Crippen LogP contribution < -0.4 is 10.1 Å². The Morgan fingerprint density at radius 3 is 2.08 bits per heavy atom. The second kappa shape index (κ2) is 14.2. The van der Waals surface area contributed by atoms with E-state index in [-0.39, 0.29) is 12.3 Å². The highest BCUT2D eigenvalue weighted by Gasteiger charge is 2.02. The smallest absolute Gasteiger partial charge is 0.303 e. The van der Waals surface area contributed by atoms with Gasteiger partial charge in [-0.3, -0.25) is 9.59 Å². The van der Waals surface area contributed by atoms with Gasteiger partial charge < -0.3 is 15.2 Å². The molecule has 0 bridgehead atoms. The second-order valence-electron chi connectivity index (χ2n) is 6.73. The van der Waals surface area contributed by atoms with Gasteiger partial charge in [0.15, 0.2) is 0 Å². The van der Waals surface area contributed by atoms with Gasteiger partial charge in [-0.05, 0) is 31.9 Å². The van der Waals surface area contributed by atoms with E-state index in [4.69, 9.17) is 9.84 Å². The number of aliphatic carboxylic acids is 1. The van der Waals surface area contributed by atoms with Crippen LogP contribution in [0.25, 0.3) is 0 Å². The summed E-state index contributed by atoms with van der Waals surface area (Å²) < 4.78 is 5.55. The molecule has 0 fully saturated rings. The molecule has 0 aliphatic rings. The third kappa shape index (κ3) is 12.3. The lowest BCUT2D eigenvalue weighted by atomic mass is 10.1. The van der Waals surface area contributed by atoms with E-state index in [9.17, 15) is 9.59 Å². The van der Waals surface area contributed by atoms with E-state index >= 15 is 0 Å². The largest absolute Gasteiger partial charge is 0.493 e. The summed E-state index contributed by atoms with van der Waals surface area (Å²) in [5, 5.41) is 11.5. The fraction of sp³-hybridized carbons (Fsp3) is 0.619. The van der Waals surface area contributed by atoms with Gasteiger partial charge in [-0.1, -0.05) is 56.2 Å². The fourth-order valence-corrected chi connectivity index (χ4v) is 2.67. The van der Waals surface area contributed by atoms with Crippen LogP contribution in [0.3, 0.4) is 0 Å². The first kappa shape index (κ1) is 22.0. The number of carbonyl (C=O) groups excluding carboxylic acids is 1. The van der Waals surface area contributed by atoms with Crippen molar-refractivity contribution < 1.29 is 19.4 Å². The maximum atomic E-state index is 11.7. The maximum absolute atomic E-state index is 11.7. The maximum Gasteiger partial charge on any atom is 0.303 e. The first-order valence-corrected chi connectivity index (χ1v) is 9.76. The third-order valence-electron chi connectivity index (χ3n) is 4.26. The summed E-state index contributed by atoms with van der Waals surface area (Å²) in [4.78, 5) is 22.1. The molecule has 146 valence electrons. The number of amides is 1. The number of ether oxygens (including phenoxy) is 1. The quantitative estimate of drug-likeness (QED) is 0.451. The standard InChI is InChI=1S/C21H33NO4/c1-18-11-13-19(14-12-18)26-17-15-20(23)22-16-9-7-5-3-2-4-6-8-10-21(24)25/h11-14H,2-10,15-17H2,1H3,(H,22,23)(H,24,25). The molecule has 0 unspecified atom stereocenters. The number of carbonyl (C=O) groups is 2. The Hall–Kier alpha value is -2.04. The van der Waals surface area contributed by atoms with Crippen molar-refractivity contribution in [3.8, 4) is 5.75 Å². The summed E-state index contributed by atoms with van der Waals surface area (Å²) in [5.74, 6) is 0.135. The van der Waals surface area contributed by atoms with Gasteiger partial charge in [-0.15, -0.1) is 0 Å². The molecule has 2 N–H and O–H groups in total. The van der Waals surface area contributed by atoms with Crippen LogP contribution in [0.15, 0.2) is 24.3 Å². The average Bonchev–Trinajstić information content (AvgIpc) is 2.61. The van der Waals surface area contributed by atoms with E-state index in [0.29, 0.717) is 13.0 Å². The number of nitrogens with one attached hydrogen (secondary N) is 1. The summed E-state index contributed by atoms with van der Waals surface area (Å²) in [6.07, 6.45) is 9.23. The highest BCUT2D eigenvalue weighted by atomic mass is 16.5. The molecule has 0 aliphatic heterocycles. The first-order chi connectivity index (χ1) is 12.6. The Morgan fingerprint density at radius 1 is 0.885 bits per heavy atom. The molecule has 5 nitrogen and oxygen atoms in total. The van der Waals surface area contributed by atoms with Crippen LogP contribution in [0.2, 0.25) is 0 Å². The van der Waals surface area contributed by atoms with Crippen LogP contribution in [0.1, 0.15) is 69.8 Å². The molecular weight excluding hydrogens is 330 g/mol. The van der Waals surface area contributed by atoms with Gasteiger partial charge in [-0.25, -0.2) is 0 Å². The Morgan fingerprint density at radius 2 is 1.46 bits per heavy atom. The van der Waals surface area contributed by atoms with E-state index in [2.05, 4.69) is 5.32 Å². The van der Waals surface area contributed by atoms with Gasteiger partial charge in [0.1, 0.15) is 5.75 Å². The number of aryl methyl sites for hydroxylation is 1. The van der Waals surface area contributed by atoms with Crippen molar-refractivity contribution in [1.29, 1.82) is 0 Å². The lowest BCUT2D eigenvalue weighted by Gasteiger charge is -2.07. The summed E-state index contributed by atoms with van der Waals surface area (Å²) >= 11 is 0. The molecule has 5 heteroatoms. The molecular formula is C21H33NO4. The van der Waals surface area contributed by atoms with E-state index in [1.807, 2.05) is 31.2 Å². The number of carboxylic acids is 1. The molecule has 0 aromatic heterocycles. The molecule has 0 atom stereocenters. The van der Waals surface area contributed by atoms with Crippen LogP contribution in [-0.4, -0.2) is 30.1 Å². The number of hydrogen-bond acceptors (Lipinski definition) is 3. The predicted octanol–water partition coefficient (Wildman–Crippen LogP) is 4.48. The van der Waals surface area contributed by atoms with E-state index in [1.54, 1.807) is 0 Å². The van der Waals surface area contributed by atoms with Gasteiger partial charge >= 0.3 is 5.97 Å². The number of hydrogen-bond donors (Lipinski definition) is 2. The number of carboxylic acid groups (broad SMARTS) is 1. The highest BCUT2D eigenvalue weighted by molar-refractivity contribution is 5.75. The lowest BCUT2D eigenvalue weighted by Crippen LogP contribution is -2.25. The summed E-state index contributed by atoms with van der Waals surface area (Å²) in [6.45, 7) is 3.15. The topological polar surface area (TPSA) is 75.6 Å². The van der Waals surface area contributed by atoms with Crippen molar-refractivity contribution in [2.75, 3.05) is 13.2 Å².